The Kier molecular flexibility index (Phi) is 6.70. The fourth-order valence-corrected chi connectivity index (χ4v) is 8.63. The molecule has 4 amide bonds. The molecule has 6 atom stereocenters. The highest BCUT2D eigenvalue weighted by Gasteiger charge is 2.76. The van der Waals surface area contributed by atoms with Gasteiger partial charge >= 0.3 is 0 Å². The minimum Gasteiger partial charge on any atom is -0.504 e. The predicted octanol–water partition coefficient (Wildman–Crippen LogP) is 4.73. The monoisotopic (exact) mass is 712 g/mol. The minimum absolute atomic E-state index is 0.103. The van der Waals surface area contributed by atoms with Crippen molar-refractivity contribution in [2.75, 3.05) is 18.6 Å². The number of nitrogens with zero attached hydrogens (tertiary/aromatic N) is 2. The topological polar surface area (TPSA) is 104 Å². The normalized spacial score (nSPS) is 32.6. The van der Waals surface area contributed by atoms with E-state index in [1.54, 1.807) is 13.0 Å². The van der Waals surface area contributed by atoms with E-state index < -0.39 is 51.1 Å². The minimum atomic E-state index is -2.06. The van der Waals surface area contributed by atoms with Crippen molar-refractivity contribution in [1.29, 1.82) is 0 Å². The zero-order chi connectivity index (χ0) is 29.6. The number of halogens is 4. The van der Waals surface area contributed by atoms with Gasteiger partial charge in [0.25, 0.3) is 11.8 Å². The molecule has 8 nitrogen and oxygen atoms in total. The Balaban J connectivity index is 1.59. The molecule has 2 aliphatic carbocycles. The molecule has 0 bridgehead atoms. The Morgan fingerprint density at radius 3 is 2.39 bits per heavy atom. The second-order valence-electron chi connectivity index (χ2n) is 10.7. The number of fused-ring (bicyclic) bond motifs is 4. The Labute approximate surface area is 258 Å². The Bertz CT molecular complexity index is 1570. The molecular weight excluding hydrogens is 689 g/mol. The van der Waals surface area contributed by atoms with Crippen molar-refractivity contribution in [1.82, 2.24) is 4.90 Å². The van der Waals surface area contributed by atoms with Gasteiger partial charge in [0.1, 0.15) is 5.82 Å². The lowest BCUT2D eigenvalue weighted by molar-refractivity contribution is -0.140. The van der Waals surface area contributed by atoms with E-state index in [9.17, 15) is 28.7 Å². The average Bonchev–Trinajstić information content (AvgIpc) is 3.28. The summed E-state index contributed by atoms with van der Waals surface area (Å²) in [5.41, 5.74) is 1.18. The zero-order valence-corrected chi connectivity index (χ0v) is 25.5. The van der Waals surface area contributed by atoms with Crippen LogP contribution in [0.3, 0.4) is 0 Å². The van der Waals surface area contributed by atoms with Crippen molar-refractivity contribution in [2.24, 2.45) is 17.8 Å². The van der Waals surface area contributed by atoms with E-state index in [0.717, 1.165) is 17.0 Å². The van der Waals surface area contributed by atoms with Gasteiger partial charge in [-0.05, 0) is 90.2 Å². The van der Waals surface area contributed by atoms with Crippen LogP contribution in [0.15, 0.2) is 48.0 Å². The highest BCUT2D eigenvalue weighted by molar-refractivity contribution is 14.1. The molecule has 1 N–H and O–H groups in total. The predicted molar refractivity (Wildman–Crippen MR) is 156 cm³/mol. The van der Waals surface area contributed by atoms with Gasteiger partial charge in [0, 0.05) is 12.5 Å². The van der Waals surface area contributed by atoms with Gasteiger partial charge in [0.15, 0.2) is 21.2 Å². The first kappa shape index (κ1) is 28.4. The maximum Gasteiger partial charge on any atom is 0.258 e. The van der Waals surface area contributed by atoms with E-state index in [0.29, 0.717) is 14.7 Å². The van der Waals surface area contributed by atoms with Gasteiger partial charge in [0.05, 0.1) is 28.2 Å². The van der Waals surface area contributed by atoms with Gasteiger partial charge in [-0.2, -0.15) is 0 Å². The summed E-state index contributed by atoms with van der Waals surface area (Å²) in [6.07, 6.45) is 1.94. The van der Waals surface area contributed by atoms with Gasteiger partial charge in [-0.3, -0.25) is 24.1 Å². The van der Waals surface area contributed by atoms with E-state index in [4.69, 9.17) is 27.9 Å². The van der Waals surface area contributed by atoms with Crippen LogP contribution in [0.1, 0.15) is 31.2 Å². The van der Waals surface area contributed by atoms with Gasteiger partial charge < -0.3 is 9.84 Å². The number of hydrogen-bond acceptors (Lipinski definition) is 6. The summed E-state index contributed by atoms with van der Waals surface area (Å²) < 4.78 is 19.5. The number of allylic oxidation sites excluding steroid dienone is 2. The number of aromatic hydroxyl groups is 1. The van der Waals surface area contributed by atoms with Crippen LogP contribution < -0.4 is 9.64 Å². The summed E-state index contributed by atoms with van der Waals surface area (Å²) in [5.74, 6) is -5.82. The molecule has 0 aromatic heterocycles. The van der Waals surface area contributed by atoms with Crippen LogP contribution >= 0.6 is 45.8 Å². The second kappa shape index (κ2) is 9.67. The number of anilines is 1. The van der Waals surface area contributed by atoms with Crippen molar-refractivity contribution < 1.29 is 33.4 Å². The lowest BCUT2D eigenvalue weighted by atomic mass is 9.56. The summed E-state index contributed by atoms with van der Waals surface area (Å²) in [4.78, 5) is 53.2. The molecule has 6 unspecified atom stereocenters. The largest absolute Gasteiger partial charge is 0.504 e. The van der Waals surface area contributed by atoms with E-state index in [-0.39, 0.29) is 48.4 Å². The molecule has 214 valence electrons. The number of hydrogen-bond donors (Lipinski definition) is 1. The molecule has 2 aliphatic heterocycles. The number of rotatable bonds is 4. The summed E-state index contributed by atoms with van der Waals surface area (Å²) in [6, 6.07) is 8.02. The molecule has 2 aromatic rings. The third-order valence-electron chi connectivity index (χ3n) is 8.91. The fraction of sp³-hybridized carbons (Fsp3) is 0.379. The Morgan fingerprint density at radius 1 is 1.07 bits per heavy atom. The highest BCUT2D eigenvalue weighted by atomic mass is 127. The van der Waals surface area contributed by atoms with Crippen LogP contribution in [0, 0.1) is 27.1 Å². The molecule has 1 saturated carbocycles. The summed E-state index contributed by atoms with van der Waals surface area (Å²) >= 11 is 16.6. The number of phenolic OH excluding ortho intramolecular Hbond substituents is 1. The molecule has 3 fully saturated rings. The molecule has 2 heterocycles. The maximum atomic E-state index is 14.3. The van der Waals surface area contributed by atoms with E-state index >= 15 is 0 Å². The first-order valence-corrected chi connectivity index (χ1v) is 14.9. The van der Waals surface area contributed by atoms with Crippen molar-refractivity contribution in [3.63, 3.8) is 0 Å². The van der Waals surface area contributed by atoms with Crippen molar-refractivity contribution >= 4 is 75.1 Å². The average molecular weight is 713 g/mol. The van der Waals surface area contributed by atoms with Gasteiger partial charge in [0.2, 0.25) is 11.8 Å². The summed E-state index contributed by atoms with van der Waals surface area (Å²) in [7, 11) is 1.38. The van der Waals surface area contributed by atoms with Crippen LogP contribution in [0.25, 0.3) is 0 Å². The van der Waals surface area contributed by atoms with E-state index in [2.05, 4.69) is 0 Å². The number of ether oxygens (including phenoxy) is 1. The fourth-order valence-electron chi connectivity index (χ4n) is 7.07. The molecule has 0 spiro atoms. The van der Waals surface area contributed by atoms with Crippen LogP contribution in [0.2, 0.25) is 0 Å². The molecule has 2 aromatic carbocycles. The standard InChI is InChI=1S/C29H24Cl2FIN2O6/c1-3-34-24(37)17-9-8-16-18(21(17)25(34)38)12-28(30)26(39)35(15-6-4-14(32)5-7-15)27(40)29(28,31)22(16)13-10-19(33)23(36)20(11-13)41-2/h4-8,10-11,17-18,21-22,36H,3,9,12H2,1-2H3. The maximum absolute atomic E-state index is 14.3. The quantitative estimate of drug-likeness (QED) is 0.213. The number of phenols is 1. The van der Waals surface area contributed by atoms with Crippen LogP contribution in [0.5, 0.6) is 11.5 Å². The van der Waals surface area contributed by atoms with Crippen molar-refractivity contribution in [2.45, 2.75) is 35.4 Å². The molecule has 6 rings (SSSR count). The molecule has 4 aliphatic rings. The first-order valence-electron chi connectivity index (χ1n) is 13.0. The number of alkyl halides is 2. The Morgan fingerprint density at radius 2 is 1.76 bits per heavy atom. The van der Waals surface area contributed by atoms with Gasteiger partial charge in [-0.15, -0.1) is 23.2 Å². The van der Waals surface area contributed by atoms with Crippen molar-refractivity contribution in [3.8, 4) is 11.5 Å². The molecule has 2 saturated heterocycles. The molecule has 12 heteroatoms. The molecular formula is C29H24Cl2FIN2O6. The van der Waals surface area contributed by atoms with Gasteiger partial charge in [-0.25, -0.2) is 9.29 Å². The lowest BCUT2D eigenvalue weighted by Gasteiger charge is -2.50. The van der Waals surface area contributed by atoms with Crippen LogP contribution in [-0.4, -0.2) is 57.0 Å². The van der Waals surface area contributed by atoms with Crippen LogP contribution in [-0.2, 0) is 19.2 Å². The number of benzene rings is 2. The summed E-state index contributed by atoms with van der Waals surface area (Å²) in [5, 5.41) is 10.6. The SMILES string of the molecule is CCN1C(=O)C2CC=C3C(CC4(Cl)C(=O)N(c5ccc(F)cc5)C(=O)C4(Cl)C3c3cc(I)c(O)c(OC)c3)C2C1=O. The second-order valence-corrected chi connectivity index (χ2v) is 13.1. The Hall–Kier alpha value is -2.70. The zero-order valence-electron chi connectivity index (χ0n) is 21.9. The third kappa shape index (κ3) is 3.69. The van der Waals surface area contributed by atoms with E-state index in [1.165, 1.54) is 30.2 Å². The molecule has 0 radical (unpaired) electrons. The number of amides is 4. The number of imide groups is 2. The molecule has 41 heavy (non-hydrogen) atoms. The number of methoxy groups -OCH3 is 1. The van der Waals surface area contributed by atoms with Crippen LogP contribution in [0.4, 0.5) is 10.1 Å². The van der Waals surface area contributed by atoms with Gasteiger partial charge in [-0.1, -0.05) is 11.6 Å². The first-order chi connectivity index (χ1) is 19.4. The smallest absolute Gasteiger partial charge is 0.258 e. The van der Waals surface area contributed by atoms with E-state index in [1.807, 2.05) is 28.7 Å². The summed E-state index contributed by atoms with van der Waals surface area (Å²) in [6.45, 7) is 1.94. The number of carbonyl (C=O) groups excluding carboxylic acids is 4. The third-order valence-corrected chi connectivity index (χ3v) is 11.1. The van der Waals surface area contributed by atoms with Crippen molar-refractivity contribution in [3.05, 3.63) is 63.0 Å². The highest BCUT2D eigenvalue weighted by Crippen LogP contribution is 2.66. The number of likely N-dealkylation sites (tertiary alicyclic amines) is 1. The number of carbonyl (C=O) groups is 4. The lowest BCUT2D eigenvalue weighted by Crippen LogP contribution is -2.60.